The number of esters is 1. The summed E-state index contributed by atoms with van der Waals surface area (Å²) in [6.45, 7) is 5.65. The summed E-state index contributed by atoms with van der Waals surface area (Å²) in [7, 11) is 0. The van der Waals surface area contributed by atoms with Gasteiger partial charge in [-0.2, -0.15) is 0 Å². The third-order valence-corrected chi connectivity index (χ3v) is 4.43. The van der Waals surface area contributed by atoms with Gasteiger partial charge < -0.3 is 4.74 Å². The Labute approximate surface area is 161 Å². The number of carbonyl (C=O) groups is 1. The van der Waals surface area contributed by atoms with E-state index in [1.165, 1.54) is 0 Å². The average molecular weight is 357 g/mol. The van der Waals surface area contributed by atoms with Crippen molar-refractivity contribution in [2.24, 2.45) is 0 Å². The van der Waals surface area contributed by atoms with Crippen molar-refractivity contribution in [3.8, 4) is 0 Å². The largest absolute Gasteiger partial charge is 0.460 e. The predicted molar refractivity (Wildman–Crippen MR) is 109 cm³/mol. The van der Waals surface area contributed by atoms with Gasteiger partial charge in [0.15, 0.2) is 0 Å². The molecule has 0 heterocycles. The summed E-state index contributed by atoms with van der Waals surface area (Å²) in [6, 6.07) is 30.3. The van der Waals surface area contributed by atoms with E-state index in [2.05, 4.69) is 36.4 Å². The van der Waals surface area contributed by atoms with Crippen molar-refractivity contribution >= 4 is 5.97 Å². The van der Waals surface area contributed by atoms with Gasteiger partial charge in [-0.1, -0.05) is 91.0 Å². The van der Waals surface area contributed by atoms with Crippen molar-refractivity contribution in [1.29, 1.82) is 0 Å². The Hall–Kier alpha value is -2.87. The summed E-state index contributed by atoms with van der Waals surface area (Å²) in [5.74, 6) is -0.334. The van der Waals surface area contributed by atoms with Gasteiger partial charge >= 0.3 is 5.97 Å². The van der Waals surface area contributed by atoms with Crippen LogP contribution in [0.5, 0.6) is 0 Å². The third kappa shape index (κ3) is 4.28. The minimum Gasteiger partial charge on any atom is -0.460 e. The van der Waals surface area contributed by atoms with E-state index in [-0.39, 0.29) is 5.97 Å². The second kappa shape index (κ2) is 7.79. The Morgan fingerprint density at radius 2 is 1.00 bits per heavy atom. The van der Waals surface area contributed by atoms with Crippen LogP contribution in [0.3, 0.4) is 0 Å². The second-order valence-corrected chi connectivity index (χ2v) is 7.58. The molecule has 2 heteroatoms. The van der Waals surface area contributed by atoms with Gasteiger partial charge in [-0.05, 0) is 37.5 Å². The molecule has 3 aromatic carbocycles. The zero-order valence-electron chi connectivity index (χ0n) is 16.1. The van der Waals surface area contributed by atoms with E-state index >= 15 is 0 Å². The third-order valence-electron chi connectivity index (χ3n) is 4.43. The molecule has 27 heavy (non-hydrogen) atoms. The Kier molecular flexibility index (Phi) is 5.46. The molecule has 137 valence electrons. The molecule has 0 N–H and O–H groups in total. The number of ether oxygens (including phenoxy) is 1. The van der Waals surface area contributed by atoms with E-state index < -0.39 is 11.0 Å². The number of carbonyl (C=O) groups excluding carboxylic acids is 1. The minimum atomic E-state index is -0.730. The van der Waals surface area contributed by atoms with Gasteiger partial charge in [-0.15, -0.1) is 0 Å². The number of hydrogen-bond donors (Lipinski definition) is 0. The summed E-state index contributed by atoms with van der Waals surface area (Å²) in [4.78, 5) is 12.9. The van der Waals surface area contributed by atoms with Crippen LogP contribution in [0, 0.1) is 6.42 Å². The summed E-state index contributed by atoms with van der Waals surface area (Å²) in [5.41, 5.74) is 1.78. The maximum Gasteiger partial charge on any atom is 0.312 e. The van der Waals surface area contributed by atoms with Crippen molar-refractivity contribution in [1.82, 2.24) is 0 Å². The van der Waals surface area contributed by atoms with Crippen LogP contribution in [0.2, 0.25) is 0 Å². The minimum absolute atomic E-state index is 0.334. The van der Waals surface area contributed by atoms with E-state index in [1.54, 1.807) is 6.42 Å². The molecule has 0 aliphatic heterocycles. The SMILES string of the molecule is CC(C)(C)OC(=O)[CH]C(c1ccccc1)(c1ccccc1)c1ccccc1. The van der Waals surface area contributed by atoms with E-state index in [0.717, 1.165) is 16.7 Å². The zero-order valence-corrected chi connectivity index (χ0v) is 16.1. The molecule has 0 saturated heterocycles. The predicted octanol–water partition coefficient (Wildman–Crippen LogP) is 5.57. The van der Waals surface area contributed by atoms with E-state index in [4.69, 9.17) is 4.74 Å². The highest BCUT2D eigenvalue weighted by molar-refractivity contribution is 5.85. The molecule has 0 spiro atoms. The first kappa shape index (κ1) is 18.9. The fourth-order valence-electron chi connectivity index (χ4n) is 3.36. The lowest BCUT2D eigenvalue weighted by Crippen LogP contribution is -2.36. The molecule has 0 saturated carbocycles. The zero-order chi connectivity index (χ0) is 19.3. The Balaban J connectivity index is 2.21. The first-order valence-corrected chi connectivity index (χ1v) is 9.17. The van der Waals surface area contributed by atoms with Crippen molar-refractivity contribution in [3.63, 3.8) is 0 Å². The fraction of sp³-hybridized carbons (Fsp3) is 0.200. The van der Waals surface area contributed by atoms with Crippen LogP contribution >= 0.6 is 0 Å². The highest BCUT2D eigenvalue weighted by atomic mass is 16.6. The van der Waals surface area contributed by atoms with Crippen molar-refractivity contribution in [3.05, 3.63) is 114 Å². The lowest BCUT2D eigenvalue weighted by molar-refractivity contribution is -0.151. The molecule has 0 unspecified atom stereocenters. The Bertz CT molecular complexity index is 766. The maximum absolute atomic E-state index is 12.9. The lowest BCUT2D eigenvalue weighted by atomic mass is 9.67. The highest BCUT2D eigenvalue weighted by Crippen LogP contribution is 2.42. The van der Waals surface area contributed by atoms with Crippen LogP contribution in [0.15, 0.2) is 91.0 Å². The van der Waals surface area contributed by atoms with Gasteiger partial charge in [0.2, 0.25) is 0 Å². The van der Waals surface area contributed by atoms with Gasteiger partial charge in [0.25, 0.3) is 0 Å². The topological polar surface area (TPSA) is 26.3 Å². The van der Waals surface area contributed by atoms with Crippen LogP contribution in [0.1, 0.15) is 37.5 Å². The van der Waals surface area contributed by atoms with E-state index in [1.807, 2.05) is 75.4 Å². The van der Waals surface area contributed by atoms with E-state index in [0.29, 0.717) is 0 Å². The summed E-state index contributed by atoms with van der Waals surface area (Å²) in [6.07, 6.45) is 1.71. The summed E-state index contributed by atoms with van der Waals surface area (Å²) < 4.78 is 5.66. The molecule has 0 fully saturated rings. The first-order valence-electron chi connectivity index (χ1n) is 9.17. The molecule has 0 aromatic heterocycles. The van der Waals surface area contributed by atoms with Gasteiger partial charge in [-0.3, -0.25) is 4.79 Å². The molecular weight excluding hydrogens is 332 g/mol. The Morgan fingerprint density at radius 3 is 1.30 bits per heavy atom. The molecule has 0 atom stereocenters. The van der Waals surface area contributed by atoms with Crippen LogP contribution in [-0.2, 0) is 14.9 Å². The number of rotatable bonds is 5. The van der Waals surface area contributed by atoms with E-state index in [9.17, 15) is 4.79 Å². The molecule has 3 aromatic rings. The quantitative estimate of drug-likeness (QED) is 0.441. The van der Waals surface area contributed by atoms with Crippen molar-refractivity contribution in [2.45, 2.75) is 31.8 Å². The van der Waals surface area contributed by atoms with Crippen LogP contribution in [0.25, 0.3) is 0 Å². The summed E-state index contributed by atoms with van der Waals surface area (Å²) in [5, 5.41) is 0. The highest BCUT2D eigenvalue weighted by Gasteiger charge is 2.40. The van der Waals surface area contributed by atoms with Gasteiger partial charge in [0, 0.05) is 0 Å². The van der Waals surface area contributed by atoms with Crippen molar-refractivity contribution < 1.29 is 9.53 Å². The lowest BCUT2D eigenvalue weighted by Gasteiger charge is -2.35. The number of hydrogen-bond acceptors (Lipinski definition) is 2. The fourth-order valence-corrected chi connectivity index (χ4v) is 3.36. The molecule has 0 bridgehead atoms. The smallest absolute Gasteiger partial charge is 0.312 e. The molecular formula is C25H25O2. The van der Waals surface area contributed by atoms with Gasteiger partial charge in [0.1, 0.15) is 5.60 Å². The monoisotopic (exact) mass is 357 g/mol. The molecule has 1 radical (unpaired) electrons. The molecule has 3 rings (SSSR count). The average Bonchev–Trinajstić information content (AvgIpc) is 2.67. The molecule has 0 aliphatic carbocycles. The van der Waals surface area contributed by atoms with Gasteiger partial charge in [-0.25, -0.2) is 0 Å². The molecule has 2 nitrogen and oxygen atoms in total. The second-order valence-electron chi connectivity index (χ2n) is 7.58. The van der Waals surface area contributed by atoms with Crippen molar-refractivity contribution in [2.75, 3.05) is 0 Å². The first-order chi connectivity index (χ1) is 12.9. The number of benzene rings is 3. The Morgan fingerprint density at radius 1 is 0.667 bits per heavy atom. The maximum atomic E-state index is 12.9. The van der Waals surface area contributed by atoms with Gasteiger partial charge in [0.05, 0.1) is 11.8 Å². The summed E-state index contributed by atoms with van der Waals surface area (Å²) >= 11 is 0. The molecule has 0 amide bonds. The van der Waals surface area contributed by atoms with Crippen LogP contribution in [-0.4, -0.2) is 11.6 Å². The normalized spacial score (nSPS) is 11.8. The standard InChI is InChI=1S/C25H25O2/c1-24(2,3)27-23(26)19-25(20-13-7-4-8-14-20,21-15-9-5-10-16-21)22-17-11-6-12-18-22/h4-19H,1-3H3. The molecule has 0 aliphatic rings. The van der Waals surface area contributed by atoms with Crippen LogP contribution in [0.4, 0.5) is 0 Å². The van der Waals surface area contributed by atoms with Crippen LogP contribution < -0.4 is 0 Å².